The van der Waals surface area contributed by atoms with Crippen molar-refractivity contribution in [1.29, 1.82) is 5.26 Å². The lowest BCUT2D eigenvalue weighted by atomic mass is 10.2. The van der Waals surface area contributed by atoms with Gasteiger partial charge >= 0.3 is 0 Å². The predicted molar refractivity (Wildman–Crippen MR) is 67.5 cm³/mol. The molecule has 0 fully saturated rings. The van der Waals surface area contributed by atoms with Crippen LogP contribution in [-0.2, 0) is 0 Å². The van der Waals surface area contributed by atoms with Crippen molar-refractivity contribution in [3.8, 4) is 6.07 Å². The van der Waals surface area contributed by atoms with Gasteiger partial charge in [0.1, 0.15) is 11.5 Å². The molecule has 0 amide bonds. The lowest BCUT2D eigenvalue weighted by Gasteiger charge is -2.07. The zero-order valence-corrected chi connectivity index (χ0v) is 9.63. The molecule has 0 saturated heterocycles. The van der Waals surface area contributed by atoms with Crippen LogP contribution >= 0.6 is 0 Å². The molecule has 2 rings (SSSR count). The SMILES string of the molecule is N#Cc1ccc(Nc2ccc(F)cc2)c([N+](=O)[O-])c1. The molecule has 1 N–H and O–H groups in total. The number of hydrogen-bond acceptors (Lipinski definition) is 4. The molecule has 0 aliphatic rings. The fourth-order valence-electron chi connectivity index (χ4n) is 1.55. The first-order chi connectivity index (χ1) is 9.10. The van der Waals surface area contributed by atoms with Gasteiger partial charge in [-0.25, -0.2) is 4.39 Å². The van der Waals surface area contributed by atoms with Crippen molar-refractivity contribution < 1.29 is 9.31 Å². The second kappa shape index (κ2) is 5.14. The van der Waals surface area contributed by atoms with E-state index in [4.69, 9.17) is 5.26 Å². The Hall–Kier alpha value is -2.94. The maximum Gasteiger partial charge on any atom is 0.293 e. The number of nitro benzene ring substituents is 1. The second-order valence-corrected chi connectivity index (χ2v) is 3.73. The minimum absolute atomic E-state index is 0.205. The topological polar surface area (TPSA) is 79.0 Å². The van der Waals surface area contributed by atoms with Gasteiger partial charge < -0.3 is 5.32 Å². The molecule has 2 aromatic carbocycles. The van der Waals surface area contributed by atoms with E-state index in [9.17, 15) is 14.5 Å². The smallest absolute Gasteiger partial charge is 0.293 e. The van der Waals surface area contributed by atoms with Crippen molar-refractivity contribution in [3.05, 3.63) is 64.0 Å². The second-order valence-electron chi connectivity index (χ2n) is 3.73. The van der Waals surface area contributed by atoms with E-state index in [0.29, 0.717) is 5.69 Å². The van der Waals surface area contributed by atoms with Crippen LogP contribution in [-0.4, -0.2) is 4.92 Å². The molecule has 6 heteroatoms. The number of hydrogen-bond donors (Lipinski definition) is 1. The van der Waals surface area contributed by atoms with Crippen LogP contribution in [0, 0.1) is 27.3 Å². The van der Waals surface area contributed by atoms with Gasteiger partial charge in [0.25, 0.3) is 5.69 Å². The van der Waals surface area contributed by atoms with Crippen molar-refractivity contribution in [3.63, 3.8) is 0 Å². The molecule has 0 atom stereocenters. The van der Waals surface area contributed by atoms with Crippen molar-refractivity contribution in [1.82, 2.24) is 0 Å². The van der Waals surface area contributed by atoms with Crippen LogP contribution in [0.1, 0.15) is 5.56 Å². The van der Waals surface area contributed by atoms with Gasteiger partial charge in [-0.1, -0.05) is 0 Å². The molecule has 0 aromatic heterocycles. The van der Waals surface area contributed by atoms with Gasteiger partial charge in [0.2, 0.25) is 0 Å². The largest absolute Gasteiger partial charge is 0.350 e. The number of halogens is 1. The molecule has 2 aromatic rings. The number of nitriles is 1. The lowest BCUT2D eigenvalue weighted by molar-refractivity contribution is -0.383. The van der Waals surface area contributed by atoms with Crippen LogP contribution < -0.4 is 5.32 Å². The van der Waals surface area contributed by atoms with Crippen LogP contribution in [0.25, 0.3) is 0 Å². The standard InChI is InChI=1S/C13H8FN3O2/c14-10-2-4-11(5-3-10)16-12-6-1-9(8-15)7-13(12)17(18)19/h1-7,16H. The highest BCUT2D eigenvalue weighted by Crippen LogP contribution is 2.28. The van der Waals surface area contributed by atoms with Crippen molar-refractivity contribution in [2.45, 2.75) is 0 Å². The van der Waals surface area contributed by atoms with Gasteiger partial charge in [0, 0.05) is 11.8 Å². The number of benzene rings is 2. The van der Waals surface area contributed by atoms with Crippen molar-refractivity contribution >= 4 is 17.1 Å². The van der Waals surface area contributed by atoms with E-state index in [0.717, 1.165) is 0 Å². The van der Waals surface area contributed by atoms with E-state index in [1.165, 1.54) is 42.5 Å². The first kappa shape index (κ1) is 12.5. The number of nitro groups is 1. The van der Waals surface area contributed by atoms with Crippen molar-refractivity contribution in [2.75, 3.05) is 5.32 Å². The Kier molecular flexibility index (Phi) is 3.39. The molecule has 5 nitrogen and oxygen atoms in total. The Balaban J connectivity index is 2.37. The van der Waals surface area contributed by atoms with Crippen LogP contribution in [0.4, 0.5) is 21.5 Å². The zero-order valence-electron chi connectivity index (χ0n) is 9.63. The minimum Gasteiger partial charge on any atom is -0.350 e. The van der Waals surface area contributed by atoms with Gasteiger partial charge in [-0.2, -0.15) is 5.26 Å². The molecule has 94 valence electrons. The third-order valence-corrected chi connectivity index (χ3v) is 2.45. The van der Waals surface area contributed by atoms with Gasteiger partial charge in [0.15, 0.2) is 0 Å². The van der Waals surface area contributed by atoms with Crippen molar-refractivity contribution in [2.24, 2.45) is 0 Å². The van der Waals surface area contributed by atoms with Gasteiger partial charge in [-0.15, -0.1) is 0 Å². The number of rotatable bonds is 3. The predicted octanol–water partition coefficient (Wildman–Crippen LogP) is 3.35. The third-order valence-electron chi connectivity index (χ3n) is 2.45. The number of nitrogens with zero attached hydrogens (tertiary/aromatic N) is 2. The Morgan fingerprint density at radius 2 is 1.89 bits per heavy atom. The first-order valence-electron chi connectivity index (χ1n) is 5.31. The molecular weight excluding hydrogens is 249 g/mol. The quantitative estimate of drug-likeness (QED) is 0.675. The van der Waals surface area contributed by atoms with Gasteiger partial charge in [-0.05, 0) is 36.4 Å². The Morgan fingerprint density at radius 3 is 2.47 bits per heavy atom. The van der Waals surface area contributed by atoms with Crippen LogP contribution in [0.15, 0.2) is 42.5 Å². The summed E-state index contributed by atoms with van der Waals surface area (Å²) in [5, 5.41) is 22.5. The molecule has 0 spiro atoms. The summed E-state index contributed by atoms with van der Waals surface area (Å²) in [5.41, 5.74) is 0.768. The molecule has 0 aliphatic carbocycles. The van der Waals surface area contributed by atoms with Gasteiger partial charge in [-0.3, -0.25) is 10.1 Å². The van der Waals surface area contributed by atoms with Crippen LogP contribution in [0.5, 0.6) is 0 Å². The summed E-state index contributed by atoms with van der Waals surface area (Å²) in [6, 6.07) is 11.4. The Labute approximate surface area is 108 Å². The van der Waals surface area contributed by atoms with E-state index in [1.54, 1.807) is 0 Å². The van der Waals surface area contributed by atoms with E-state index < -0.39 is 4.92 Å². The molecule has 0 heterocycles. The fourth-order valence-corrected chi connectivity index (χ4v) is 1.55. The monoisotopic (exact) mass is 257 g/mol. The van der Waals surface area contributed by atoms with E-state index in [-0.39, 0.29) is 22.8 Å². The van der Waals surface area contributed by atoms with Crippen LogP contribution in [0.2, 0.25) is 0 Å². The average molecular weight is 257 g/mol. The fraction of sp³-hybridized carbons (Fsp3) is 0. The summed E-state index contributed by atoms with van der Waals surface area (Å²) >= 11 is 0. The third kappa shape index (κ3) is 2.84. The number of nitrogens with one attached hydrogen (secondary N) is 1. The van der Waals surface area contributed by atoms with Crippen LogP contribution in [0.3, 0.4) is 0 Å². The van der Waals surface area contributed by atoms with E-state index >= 15 is 0 Å². The molecule has 0 aliphatic heterocycles. The minimum atomic E-state index is -0.577. The van der Waals surface area contributed by atoms with E-state index in [2.05, 4.69) is 5.32 Å². The Morgan fingerprint density at radius 1 is 1.21 bits per heavy atom. The lowest BCUT2D eigenvalue weighted by Crippen LogP contribution is -1.97. The highest BCUT2D eigenvalue weighted by Gasteiger charge is 2.14. The summed E-state index contributed by atoms with van der Waals surface area (Å²) in [5.74, 6) is -0.389. The first-order valence-corrected chi connectivity index (χ1v) is 5.31. The summed E-state index contributed by atoms with van der Waals surface area (Å²) in [6.45, 7) is 0. The highest BCUT2D eigenvalue weighted by atomic mass is 19.1. The molecule has 19 heavy (non-hydrogen) atoms. The molecule has 0 radical (unpaired) electrons. The molecular formula is C13H8FN3O2. The molecule has 0 unspecified atom stereocenters. The summed E-state index contributed by atoms with van der Waals surface area (Å²) in [4.78, 5) is 10.4. The average Bonchev–Trinajstić information content (AvgIpc) is 2.41. The summed E-state index contributed by atoms with van der Waals surface area (Å²) in [6.07, 6.45) is 0. The Bertz CT molecular complexity index is 663. The highest BCUT2D eigenvalue weighted by molar-refractivity contribution is 5.70. The maximum absolute atomic E-state index is 12.8. The maximum atomic E-state index is 12.8. The summed E-state index contributed by atoms with van der Waals surface area (Å²) in [7, 11) is 0. The summed E-state index contributed by atoms with van der Waals surface area (Å²) < 4.78 is 12.8. The van der Waals surface area contributed by atoms with Gasteiger partial charge in [0.05, 0.1) is 16.6 Å². The van der Waals surface area contributed by atoms with E-state index in [1.807, 2.05) is 6.07 Å². The normalized spacial score (nSPS) is 9.68. The number of anilines is 2. The zero-order chi connectivity index (χ0) is 13.8. The molecule has 0 bridgehead atoms. The molecule has 0 saturated carbocycles.